The number of methoxy groups -OCH3 is 1. The standard InChI is InChI=1S/C34H31N3O/c1-34(2)22-26(32(23-35)36-3)20-25-19-24(15-18-31(25)34)30-17-16-29(21-33(30)38-4)37(27-11-7-5-8-12-27)28-13-9-6-10-14-28/h5-14,16-17,19-21,31H,15,18,22H2,1-2,4H3. The summed E-state index contributed by atoms with van der Waals surface area (Å²) in [7, 11) is 1.73. The van der Waals surface area contributed by atoms with Crippen LogP contribution in [-0.2, 0) is 0 Å². The van der Waals surface area contributed by atoms with Crippen LogP contribution in [0.5, 0.6) is 5.75 Å². The van der Waals surface area contributed by atoms with E-state index in [1.54, 1.807) is 7.11 Å². The van der Waals surface area contributed by atoms with Gasteiger partial charge in [-0.15, -0.1) is 0 Å². The maximum atomic E-state index is 9.49. The van der Waals surface area contributed by atoms with E-state index in [0.29, 0.717) is 5.92 Å². The van der Waals surface area contributed by atoms with Gasteiger partial charge in [0.2, 0.25) is 0 Å². The lowest BCUT2D eigenvalue weighted by molar-refractivity contribution is 0.227. The summed E-state index contributed by atoms with van der Waals surface area (Å²) >= 11 is 0. The Balaban J connectivity index is 1.58. The highest BCUT2D eigenvalue weighted by Gasteiger charge is 2.38. The molecule has 2 aliphatic rings. The van der Waals surface area contributed by atoms with Crippen molar-refractivity contribution in [2.75, 3.05) is 12.0 Å². The Bertz CT molecular complexity index is 1460. The predicted octanol–water partition coefficient (Wildman–Crippen LogP) is 9.01. The SMILES string of the molecule is [C-]#[N+]C(C#N)=C1C=C2C=C(c3ccc(N(c4ccccc4)c4ccccc4)cc3OC)CCC2C(C)(C)C1. The fourth-order valence-electron chi connectivity index (χ4n) is 5.91. The van der Waals surface area contributed by atoms with Crippen LogP contribution in [0.1, 0.15) is 38.7 Å². The van der Waals surface area contributed by atoms with E-state index in [4.69, 9.17) is 11.3 Å². The Kier molecular flexibility index (Phi) is 6.91. The molecule has 0 aliphatic heterocycles. The van der Waals surface area contributed by atoms with Crippen molar-refractivity contribution in [2.45, 2.75) is 33.1 Å². The lowest BCUT2D eigenvalue weighted by atomic mass is 9.62. The van der Waals surface area contributed by atoms with Gasteiger partial charge in [0.25, 0.3) is 5.70 Å². The van der Waals surface area contributed by atoms with Crippen molar-refractivity contribution in [3.63, 3.8) is 0 Å². The quantitative estimate of drug-likeness (QED) is 0.261. The lowest BCUT2D eigenvalue weighted by Gasteiger charge is -2.42. The van der Waals surface area contributed by atoms with Gasteiger partial charge in [-0.25, -0.2) is 10.1 Å². The first-order valence-electron chi connectivity index (χ1n) is 13.0. The van der Waals surface area contributed by atoms with Crippen LogP contribution in [0.3, 0.4) is 0 Å². The molecule has 0 amide bonds. The van der Waals surface area contributed by atoms with Crippen LogP contribution in [0.2, 0.25) is 0 Å². The van der Waals surface area contributed by atoms with Gasteiger partial charge >= 0.3 is 0 Å². The van der Waals surface area contributed by atoms with Crippen molar-refractivity contribution >= 4 is 22.6 Å². The van der Waals surface area contributed by atoms with E-state index in [1.807, 2.05) is 36.4 Å². The van der Waals surface area contributed by atoms with E-state index in [0.717, 1.165) is 53.2 Å². The number of rotatable bonds is 5. The second-order valence-corrected chi connectivity index (χ2v) is 10.6. The van der Waals surface area contributed by atoms with Gasteiger partial charge in [0.05, 0.1) is 19.8 Å². The van der Waals surface area contributed by atoms with E-state index in [1.165, 1.54) is 11.1 Å². The highest BCUT2D eigenvalue weighted by atomic mass is 16.5. The highest BCUT2D eigenvalue weighted by molar-refractivity contribution is 5.81. The molecule has 0 heterocycles. The van der Waals surface area contributed by atoms with E-state index < -0.39 is 0 Å². The maximum absolute atomic E-state index is 9.49. The summed E-state index contributed by atoms with van der Waals surface area (Å²) in [5.41, 5.74) is 7.73. The van der Waals surface area contributed by atoms with Crippen LogP contribution in [0.15, 0.2) is 108 Å². The molecule has 0 N–H and O–H groups in total. The van der Waals surface area contributed by atoms with Crippen LogP contribution >= 0.6 is 0 Å². The monoisotopic (exact) mass is 497 g/mol. The molecule has 0 bridgehead atoms. The van der Waals surface area contributed by atoms with Crippen molar-refractivity contribution in [3.8, 4) is 11.8 Å². The van der Waals surface area contributed by atoms with Crippen molar-refractivity contribution < 1.29 is 4.74 Å². The zero-order valence-electron chi connectivity index (χ0n) is 22.1. The van der Waals surface area contributed by atoms with Crippen LogP contribution in [0, 0.1) is 29.2 Å². The van der Waals surface area contributed by atoms with Gasteiger partial charge in [0.15, 0.2) is 0 Å². The molecule has 0 radical (unpaired) electrons. The zero-order chi connectivity index (χ0) is 26.7. The molecule has 0 aromatic heterocycles. The van der Waals surface area contributed by atoms with Gasteiger partial charge in [-0.3, -0.25) is 0 Å². The number of anilines is 3. The smallest absolute Gasteiger partial charge is 0.265 e. The summed E-state index contributed by atoms with van der Waals surface area (Å²) in [5.74, 6) is 1.23. The van der Waals surface area contributed by atoms with E-state index >= 15 is 0 Å². The minimum Gasteiger partial charge on any atom is -0.496 e. The summed E-state index contributed by atoms with van der Waals surface area (Å²) < 4.78 is 5.95. The molecule has 1 atom stereocenters. The Morgan fingerprint density at radius 3 is 2.21 bits per heavy atom. The Morgan fingerprint density at radius 1 is 0.974 bits per heavy atom. The Labute approximate surface area is 225 Å². The van der Waals surface area contributed by atoms with Crippen LogP contribution in [0.25, 0.3) is 10.4 Å². The number of para-hydroxylation sites is 2. The van der Waals surface area contributed by atoms with E-state index in [2.05, 4.69) is 84.3 Å². The van der Waals surface area contributed by atoms with E-state index in [-0.39, 0.29) is 11.1 Å². The van der Waals surface area contributed by atoms with Gasteiger partial charge in [-0.05, 0) is 83.7 Å². The normalized spacial score (nSPS) is 19.1. The molecule has 3 aromatic carbocycles. The average molecular weight is 498 g/mol. The molecular formula is C34H31N3O. The molecule has 0 fully saturated rings. The second-order valence-electron chi connectivity index (χ2n) is 10.6. The molecule has 0 spiro atoms. The Hall–Kier alpha value is -4.54. The predicted molar refractivity (Wildman–Crippen MR) is 154 cm³/mol. The molecular weight excluding hydrogens is 466 g/mol. The van der Waals surface area contributed by atoms with Crippen molar-refractivity contribution in [1.82, 2.24) is 0 Å². The van der Waals surface area contributed by atoms with Gasteiger partial charge in [0.1, 0.15) is 5.75 Å². The van der Waals surface area contributed by atoms with Crippen LogP contribution in [0.4, 0.5) is 17.1 Å². The third-order valence-corrected chi connectivity index (χ3v) is 7.72. The molecule has 0 saturated heterocycles. The first kappa shape index (κ1) is 25.1. The molecule has 188 valence electrons. The van der Waals surface area contributed by atoms with Crippen LogP contribution < -0.4 is 9.64 Å². The van der Waals surface area contributed by atoms with Crippen molar-refractivity contribution in [3.05, 3.63) is 125 Å². The molecule has 4 nitrogen and oxygen atoms in total. The topological polar surface area (TPSA) is 40.6 Å². The number of hydrogen-bond donors (Lipinski definition) is 0. The summed E-state index contributed by atoms with van der Waals surface area (Å²) in [6, 6.07) is 29.2. The molecule has 2 aliphatic carbocycles. The fraction of sp³-hybridized carbons (Fsp3) is 0.235. The first-order chi connectivity index (χ1) is 18.4. The third kappa shape index (κ3) is 4.74. The highest BCUT2D eigenvalue weighted by Crippen LogP contribution is 2.51. The van der Waals surface area contributed by atoms with E-state index in [9.17, 15) is 5.26 Å². The number of ether oxygens (including phenoxy) is 1. The van der Waals surface area contributed by atoms with Crippen molar-refractivity contribution in [1.29, 1.82) is 5.26 Å². The third-order valence-electron chi connectivity index (χ3n) is 7.72. The van der Waals surface area contributed by atoms with Gasteiger partial charge < -0.3 is 9.64 Å². The zero-order valence-corrected chi connectivity index (χ0v) is 22.1. The van der Waals surface area contributed by atoms with Crippen molar-refractivity contribution in [2.24, 2.45) is 11.3 Å². The molecule has 4 heteroatoms. The molecule has 1 unspecified atom stereocenters. The molecule has 3 aromatic rings. The number of allylic oxidation sites excluding steroid dienone is 6. The number of hydrogen-bond acceptors (Lipinski definition) is 3. The summed E-state index contributed by atoms with van der Waals surface area (Å²) in [4.78, 5) is 5.72. The number of fused-ring (bicyclic) bond motifs is 1. The average Bonchev–Trinajstić information content (AvgIpc) is 2.94. The number of nitriles is 1. The Morgan fingerprint density at radius 2 is 1.63 bits per heavy atom. The lowest BCUT2D eigenvalue weighted by Crippen LogP contribution is -2.31. The maximum Gasteiger partial charge on any atom is 0.265 e. The molecule has 5 rings (SSSR count). The summed E-state index contributed by atoms with van der Waals surface area (Å²) in [6.07, 6.45) is 7.08. The fourth-order valence-corrected chi connectivity index (χ4v) is 5.91. The number of nitrogens with zero attached hydrogens (tertiary/aromatic N) is 3. The molecule has 0 saturated carbocycles. The first-order valence-corrected chi connectivity index (χ1v) is 13.0. The molecule has 38 heavy (non-hydrogen) atoms. The minimum absolute atomic E-state index is 0.00590. The largest absolute Gasteiger partial charge is 0.496 e. The number of benzene rings is 3. The minimum atomic E-state index is -0.00590. The van der Waals surface area contributed by atoms with Gasteiger partial charge in [-0.2, -0.15) is 0 Å². The second kappa shape index (κ2) is 10.4. The van der Waals surface area contributed by atoms with Crippen LogP contribution in [-0.4, -0.2) is 7.11 Å². The summed E-state index contributed by atoms with van der Waals surface area (Å²) in [5, 5.41) is 9.49. The summed E-state index contributed by atoms with van der Waals surface area (Å²) in [6.45, 7) is 11.9. The van der Waals surface area contributed by atoms with Gasteiger partial charge in [0, 0.05) is 28.7 Å². The van der Waals surface area contributed by atoms with Gasteiger partial charge in [-0.1, -0.05) is 62.4 Å².